The predicted octanol–water partition coefficient (Wildman–Crippen LogP) is 9.54. The third kappa shape index (κ3) is 6.94. The van der Waals surface area contributed by atoms with Crippen molar-refractivity contribution in [2.75, 3.05) is 5.75 Å². The SMILES string of the molecule is C=N/C=C\SCc1cncc(-c2ccc(-c3ccc(C(/C=C(\C)CS/C=C\N)=C/N)c4ccccc34)c3ccccc23)c1. The number of fused-ring (bicyclic) bond motifs is 2. The Balaban J connectivity index is 1.58. The molecule has 0 amide bonds. The summed E-state index contributed by atoms with van der Waals surface area (Å²) in [4.78, 5) is 8.34. The Bertz CT molecular complexity index is 1890. The smallest absolute Gasteiger partial charge is 0.0346 e. The van der Waals surface area contributed by atoms with Gasteiger partial charge in [0.2, 0.25) is 0 Å². The van der Waals surface area contributed by atoms with E-state index in [1.807, 2.05) is 23.2 Å². The molecule has 5 rings (SSSR count). The monoisotopic (exact) mass is 598 g/mol. The van der Waals surface area contributed by atoms with Gasteiger partial charge in [-0.2, -0.15) is 0 Å². The zero-order valence-corrected chi connectivity index (χ0v) is 25.7. The van der Waals surface area contributed by atoms with Gasteiger partial charge < -0.3 is 11.5 Å². The summed E-state index contributed by atoms with van der Waals surface area (Å²) in [6, 6.07) is 28.3. The van der Waals surface area contributed by atoms with Crippen molar-refractivity contribution >= 4 is 57.4 Å². The van der Waals surface area contributed by atoms with Crippen LogP contribution in [0.3, 0.4) is 0 Å². The molecule has 0 bridgehead atoms. The van der Waals surface area contributed by atoms with Crippen LogP contribution < -0.4 is 11.5 Å². The highest BCUT2D eigenvalue weighted by molar-refractivity contribution is 8.02. The average Bonchev–Trinajstić information content (AvgIpc) is 3.05. The van der Waals surface area contributed by atoms with Crippen LogP contribution in [0.1, 0.15) is 18.1 Å². The first-order valence-corrected chi connectivity index (χ1v) is 16.0. The van der Waals surface area contributed by atoms with Crippen molar-refractivity contribution < 1.29 is 0 Å². The molecule has 0 aliphatic heterocycles. The number of hydrogen-bond acceptors (Lipinski definition) is 6. The fourth-order valence-corrected chi connectivity index (χ4v) is 6.45. The summed E-state index contributed by atoms with van der Waals surface area (Å²) in [6.45, 7) is 5.61. The topological polar surface area (TPSA) is 77.3 Å². The standard InChI is InChI=1S/C37H34N4S2/c1-26(24-42-17-15-38)19-28(21-39)30-11-13-36(34-9-5-3-7-32(30)34)37-14-12-31(33-8-4-6-10-35(33)37)29-20-27(22-41-23-29)25-43-18-16-40-2/h3-23H,2,24-25,38-39H2,1H3/b17-15-,18-16-,26-19+,28-21+. The Morgan fingerprint density at radius 1 is 0.814 bits per heavy atom. The number of aromatic nitrogens is 1. The van der Waals surface area contributed by atoms with Crippen molar-refractivity contribution in [2.45, 2.75) is 12.7 Å². The lowest BCUT2D eigenvalue weighted by Crippen LogP contribution is -1.94. The van der Waals surface area contributed by atoms with E-state index in [1.165, 1.54) is 43.8 Å². The molecule has 0 spiro atoms. The van der Waals surface area contributed by atoms with Gasteiger partial charge in [0.05, 0.1) is 0 Å². The van der Waals surface area contributed by atoms with E-state index in [0.717, 1.165) is 33.8 Å². The van der Waals surface area contributed by atoms with Gasteiger partial charge in [0.25, 0.3) is 0 Å². The molecule has 0 atom stereocenters. The molecule has 214 valence electrons. The van der Waals surface area contributed by atoms with Crippen LogP contribution in [0.5, 0.6) is 0 Å². The highest BCUT2D eigenvalue weighted by atomic mass is 32.2. The third-order valence-corrected chi connectivity index (χ3v) is 8.92. The van der Waals surface area contributed by atoms with Gasteiger partial charge in [-0.1, -0.05) is 84.4 Å². The van der Waals surface area contributed by atoms with Crippen LogP contribution in [0, 0.1) is 0 Å². The molecule has 4 aromatic carbocycles. The van der Waals surface area contributed by atoms with Gasteiger partial charge in [0.1, 0.15) is 0 Å². The third-order valence-electron chi connectivity index (χ3n) is 7.13. The number of pyridine rings is 1. The molecule has 0 unspecified atom stereocenters. The number of thioether (sulfide) groups is 2. The normalized spacial score (nSPS) is 12.6. The maximum atomic E-state index is 6.18. The number of nitrogens with zero attached hydrogens (tertiary/aromatic N) is 2. The van der Waals surface area contributed by atoms with Gasteiger partial charge in [-0.05, 0) is 85.5 Å². The fourth-order valence-electron chi connectivity index (χ4n) is 5.27. The number of benzene rings is 4. The molecule has 0 saturated heterocycles. The second-order valence-corrected chi connectivity index (χ2v) is 11.8. The van der Waals surface area contributed by atoms with E-state index in [4.69, 9.17) is 11.5 Å². The van der Waals surface area contributed by atoms with Gasteiger partial charge in [-0.15, -0.1) is 23.5 Å². The molecular weight excluding hydrogens is 565 g/mol. The minimum atomic E-state index is 0.818. The van der Waals surface area contributed by atoms with E-state index in [0.29, 0.717) is 0 Å². The molecule has 0 aliphatic carbocycles. The van der Waals surface area contributed by atoms with Crippen molar-refractivity contribution in [1.82, 2.24) is 4.98 Å². The van der Waals surface area contributed by atoms with Crippen LogP contribution in [0.2, 0.25) is 0 Å². The molecule has 0 radical (unpaired) electrons. The number of allylic oxidation sites excluding steroid dienone is 2. The molecule has 5 aromatic rings. The molecular formula is C37H34N4S2. The summed E-state index contributed by atoms with van der Waals surface area (Å²) < 4.78 is 0. The van der Waals surface area contributed by atoms with Crippen LogP contribution in [0.25, 0.3) is 49.4 Å². The van der Waals surface area contributed by atoms with Crippen molar-refractivity contribution in [3.8, 4) is 22.3 Å². The maximum absolute atomic E-state index is 6.18. The minimum absolute atomic E-state index is 0.818. The Hall–Kier alpha value is -4.52. The molecule has 1 heterocycles. The first-order chi connectivity index (χ1) is 21.1. The second kappa shape index (κ2) is 14.6. The van der Waals surface area contributed by atoms with E-state index in [1.54, 1.807) is 42.1 Å². The molecule has 6 heteroatoms. The summed E-state index contributed by atoms with van der Waals surface area (Å²) in [7, 11) is 0. The van der Waals surface area contributed by atoms with Gasteiger partial charge in [0.15, 0.2) is 0 Å². The average molecular weight is 599 g/mol. The number of nitrogens with two attached hydrogens (primary N) is 2. The molecule has 43 heavy (non-hydrogen) atoms. The van der Waals surface area contributed by atoms with Crippen LogP contribution >= 0.6 is 23.5 Å². The lowest BCUT2D eigenvalue weighted by Gasteiger charge is -2.16. The lowest BCUT2D eigenvalue weighted by atomic mass is 9.88. The zero-order chi connectivity index (χ0) is 30.0. The summed E-state index contributed by atoms with van der Waals surface area (Å²) >= 11 is 3.34. The first-order valence-electron chi connectivity index (χ1n) is 13.9. The Labute approximate surface area is 262 Å². The zero-order valence-electron chi connectivity index (χ0n) is 24.1. The quantitative estimate of drug-likeness (QED) is 0.117. The van der Waals surface area contributed by atoms with Crippen LogP contribution in [0.4, 0.5) is 0 Å². The van der Waals surface area contributed by atoms with Crippen molar-refractivity contribution in [3.63, 3.8) is 0 Å². The lowest BCUT2D eigenvalue weighted by molar-refractivity contribution is 1.26. The largest absolute Gasteiger partial charge is 0.404 e. The van der Waals surface area contributed by atoms with Gasteiger partial charge in [-0.25, -0.2) is 0 Å². The van der Waals surface area contributed by atoms with Crippen molar-refractivity contribution in [1.29, 1.82) is 0 Å². The Morgan fingerprint density at radius 2 is 1.47 bits per heavy atom. The van der Waals surface area contributed by atoms with Crippen molar-refractivity contribution in [3.05, 3.63) is 143 Å². The maximum Gasteiger partial charge on any atom is 0.0346 e. The van der Waals surface area contributed by atoms with E-state index < -0.39 is 0 Å². The minimum Gasteiger partial charge on any atom is -0.404 e. The second-order valence-electron chi connectivity index (χ2n) is 10.0. The molecule has 1 aromatic heterocycles. The van der Waals surface area contributed by atoms with Crippen LogP contribution in [0.15, 0.2) is 137 Å². The van der Waals surface area contributed by atoms with Crippen LogP contribution in [-0.4, -0.2) is 17.5 Å². The highest BCUT2D eigenvalue weighted by Crippen LogP contribution is 2.40. The summed E-state index contributed by atoms with van der Waals surface area (Å²) in [6.07, 6.45) is 11.0. The first kappa shape index (κ1) is 30.0. The number of hydrogen-bond donors (Lipinski definition) is 2. The van der Waals surface area contributed by atoms with E-state index in [2.05, 4.69) is 109 Å². The van der Waals surface area contributed by atoms with Gasteiger partial charge >= 0.3 is 0 Å². The predicted molar refractivity (Wildman–Crippen MR) is 192 cm³/mol. The molecule has 0 saturated carbocycles. The van der Waals surface area contributed by atoms with E-state index in [9.17, 15) is 0 Å². The number of aliphatic imine (C=N–C) groups is 1. The molecule has 4 nitrogen and oxygen atoms in total. The highest BCUT2D eigenvalue weighted by Gasteiger charge is 2.14. The fraction of sp³-hybridized carbons (Fsp3) is 0.0811. The molecule has 4 N–H and O–H groups in total. The van der Waals surface area contributed by atoms with Crippen LogP contribution in [-0.2, 0) is 5.75 Å². The molecule has 0 aliphatic rings. The Kier molecular flexibility index (Phi) is 10.2. The Morgan fingerprint density at radius 3 is 2.16 bits per heavy atom. The summed E-state index contributed by atoms with van der Waals surface area (Å²) in [5.74, 6) is 1.67. The summed E-state index contributed by atoms with van der Waals surface area (Å²) in [5, 5.41) is 8.60. The number of rotatable bonds is 11. The summed E-state index contributed by atoms with van der Waals surface area (Å²) in [5.41, 5.74) is 20.8. The van der Waals surface area contributed by atoms with E-state index in [-0.39, 0.29) is 0 Å². The van der Waals surface area contributed by atoms with Gasteiger partial charge in [0, 0.05) is 48.1 Å². The van der Waals surface area contributed by atoms with E-state index >= 15 is 0 Å². The van der Waals surface area contributed by atoms with Gasteiger partial charge in [-0.3, -0.25) is 9.98 Å². The van der Waals surface area contributed by atoms with Crippen molar-refractivity contribution in [2.24, 2.45) is 16.5 Å². The molecule has 0 fully saturated rings.